The van der Waals surface area contributed by atoms with Crippen LogP contribution < -0.4 is 5.32 Å². The Kier molecular flexibility index (Phi) is 3.04. The number of carbonyl (C=O) groups excluding carboxylic acids is 1. The molecule has 1 N–H and O–H groups in total. The molecule has 4 nitrogen and oxygen atoms in total. The number of halogens is 2. The van der Waals surface area contributed by atoms with Gasteiger partial charge in [0.05, 0.1) is 0 Å². The zero-order valence-electron chi connectivity index (χ0n) is 8.52. The van der Waals surface area contributed by atoms with Crippen molar-refractivity contribution in [3.63, 3.8) is 0 Å². The van der Waals surface area contributed by atoms with Gasteiger partial charge in [-0.1, -0.05) is 6.07 Å². The second kappa shape index (κ2) is 4.65. The van der Waals surface area contributed by atoms with Gasteiger partial charge in [0.2, 0.25) is 0 Å². The number of benzene rings is 1. The molecule has 0 saturated heterocycles. The van der Waals surface area contributed by atoms with Crippen LogP contribution in [0.15, 0.2) is 36.8 Å². The summed E-state index contributed by atoms with van der Waals surface area (Å²) in [6, 6.07) is 4.66. The first-order valence-corrected chi connectivity index (χ1v) is 4.70. The van der Waals surface area contributed by atoms with Gasteiger partial charge >= 0.3 is 0 Å². The molecule has 0 aliphatic rings. The van der Waals surface area contributed by atoms with Crippen molar-refractivity contribution in [1.29, 1.82) is 0 Å². The fraction of sp³-hybridized carbons (Fsp3) is 0. The molecular weight excluding hydrogens is 228 g/mol. The standard InChI is InChI=1S/C11H7F2N3O/c12-7-2-1-3-8(13)10(7)16-11(17)9-4-5-14-6-15-9/h1-6H,(H,16,17). The monoisotopic (exact) mass is 235 g/mol. The van der Waals surface area contributed by atoms with E-state index in [1.807, 2.05) is 0 Å². The molecular formula is C11H7F2N3O. The van der Waals surface area contributed by atoms with Crippen LogP contribution >= 0.6 is 0 Å². The van der Waals surface area contributed by atoms with Crippen LogP contribution in [0.1, 0.15) is 10.5 Å². The van der Waals surface area contributed by atoms with Gasteiger partial charge in [-0.2, -0.15) is 0 Å². The molecule has 0 spiro atoms. The van der Waals surface area contributed by atoms with Gasteiger partial charge in [-0.25, -0.2) is 18.7 Å². The van der Waals surface area contributed by atoms with Crippen molar-refractivity contribution in [1.82, 2.24) is 9.97 Å². The minimum Gasteiger partial charge on any atom is -0.316 e. The number of amides is 1. The minimum absolute atomic E-state index is 0.0302. The van der Waals surface area contributed by atoms with Crippen molar-refractivity contribution < 1.29 is 13.6 Å². The number of anilines is 1. The molecule has 0 atom stereocenters. The van der Waals surface area contributed by atoms with Crippen molar-refractivity contribution in [3.8, 4) is 0 Å². The minimum atomic E-state index is -0.840. The Hall–Kier alpha value is -2.37. The number of hydrogen-bond acceptors (Lipinski definition) is 3. The van der Waals surface area contributed by atoms with Crippen LogP contribution in [0.5, 0.6) is 0 Å². The Labute approximate surface area is 95.3 Å². The predicted molar refractivity (Wildman–Crippen MR) is 56.3 cm³/mol. The van der Waals surface area contributed by atoms with Crippen LogP contribution in [0, 0.1) is 11.6 Å². The molecule has 0 unspecified atom stereocenters. The van der Waals surface area contributed by atoms with E-state index in [9.17, 15) is 13.6 Å². The molecule has 86 valence electrons. The van der Waals surface area contributed by atoms with E-state index in [-0.39, 0.29) is 5.69 Å². The summed E-state index contributed by atoms with van der Waals surface area (Å²) in [5.74, 6) is -2.38. The summed E-state index contributed by atoms with van der Waals surface area (Å²) in [6.07, 6.45) is 2.53. The average molecular weight is 235 g/mol. The van der Waals surface area contributed by atoms with Crippen LogP contribution in [0.3, 0.4) is 0 Å². The molecule has 0 aliphatic heterocycles. The fourth-order valence-electron chi connectivity index (χ4n) is 1.22. The molecule has 0 aliphatic carbocycles. The highest BCUT2D eigenvalue weighted by atomic mass is 19.1. The van der Waals surface area contributed by atoms with E-state index >= 15 is 0 Å². The lowest BCUT2D eigenvalue weighted by molar-refractivity contribution is 0.102. The molecule has 0 bridgehead atoms. The largest absolute Gasteiger partial charge is 0.316 e. The maximum absolute atomic E-state index is 13.2. The number of carbonyl (C=O) groups is 1. The van der Waals surface area contributed by atoms with E-state index in [2.05, 4.69) is 15.3 Å². The molecule has 1 aromatic heterocycles. The number of nitrogens with one attached hydrogen (secondary N) is 1. The van der Waals surface area contributed by atoms with Gasteiger partial charge in [0.15, 0.2) is 0 Å². The summed E-state index contributed by atoms with van der Waals surface area (Å²) in [7, 11) is 0. The Bertz CT molecular complexity index is 525. The van der Waals surface area contributed by atoms with E-state index < -0.39 is 23.2 Å². The summed E-state index contributed by atoms with van der Waals surface area (Å²) in [5, 5.41) is 2.12. The maximum Gasteiger partial charge on any atom is 0.274 e. The number of nitrogens with zero attached hydrogens (tertiary/aromatic N) is 2. The Morgan fingerprint density at radius 3 is 2.47 bits per heavy atom. The second-order valence-electron chi connectivity index (χ2n) is 3.15. The third-order valence-electron chi connectivity index (χ3n) is 2.02. The van der Waals surface area contributed by atoms with E-state index in [0.29, 0.717) is 0 Å². The van der Waals surface area contributed by atoms with E-state index in [4.69, 9.17) is 0 Å². The second-order valence-corrected chi connectivity index (χ2v) is 3.15. The number of aromatic nitrogens is 2. The van der Waals surface area contributed by atoms with Gasteiger partial charge in [-0.05, 0) is 18.2 Å². The van der Waals surface area contributed by atoms with Gasteiger partial charge < -0.3 is 5.32 Å². The van der Waals surface area contributed by atoms with Gasteiger partial charge in [-0.15, -0.1) is 0 Å². The molecule has 17 heavy (non-hydrogen) atoms. The summed E-state index contributed by atoms with van der Waals surface area (Å²) < 4.78 is 26.5. The molecule has 2 aromatic rings. The van der Waals surface area contributed by atoms with Crippen molar-refractivity contribution in [2.75, 3.05) is 5.32 Å². The third-order valence-corrected chi connectivity index (χ3v) is 2.02. The summed E-state index contributed by atoms with van der Waals surface area (Å²) >= 11 is 0. The van der Waals surface area contributed by atoms with Crippen LogP contribution in [0.4, 0.5) is 14.5 Å². The lowest BCUT2D eigenvalue weighted by Crippen LogP contribution is -2.15. The smallest absolute Gasteiger partial charge is 0.274 e. The van der Waals surface area contributed by atoms with Crippen molar-refractivity contribution in [3.05, 3.63) is 54.1 Å². The molecule has 1 aromatic carbocycles. The Morgan fingerprint density at radius 2 is 1.88 bits per heavy atom. The van der Waals surface area contributed by atoms with Crippen LogP contribution in [0.25, 0.3) is 0 Å². The zero-order valence-corrected chi connectivity index (χ0v) is 8.52. The quantitative estimate of drug-likeness (QED) is 0.866. The topological polar surface area (TPSA) is 54.9 Å². The normalized spacial score (nSPS) is 10.0. The third kappa shape index (κ3) is 2.41. The first kappa shape index (κ1) is 11.1. The zero-order chi connectivity index (χ0) is 12.3. The number of rotatable bonds is 2. The SMILES string of the molecule is O=C(Nc1c(F)cccc1F)c1ccncn1. The lowest BCUT2D eigenvalue weighted by Gasteiger charge is -2.06. The van der Waals surface area contributed by atoms with E-state index in [0.717, 1.165) is 12.1 Å². The highest BCUT2D eigenvalue weighted by molar-refractivity contribution is 6.02. The highest BCUT2D eigenvalue weighted by Crippen LogP contribution is 2.18. The average Bonchev–Trinajstić information content (AvgIpc) is 2.35. The summed E-state index contributed by atoms with van der Waals surface area (Å²) in [6.45, 7) is 0. The first-order chi connectivity index (χ1) is 8.18. The molecule has 0 saturated carbocycles. The molecule has 0 radical (unpaired) electrons. The van der Waals surface area contributed by atoms with Gasteiger partial charge in [-0.3, -0.25) is 4.79 Å². The molecule has 1 amide bonds. The molecule has 0 fully saturated rings. The molecule has 6 heteroatoms. The van der Waals surface area contributed by atoms with E-state index in [1.54, 1.807) is 0 Å². The summed E-state index contributed by atoms with van der Waals surface area (Å²) in [4.78, 5) is 18.9. The lowest BCUT2D eigenvalue weighted by atomic mass is 10.2. The Balaban J connectivity index is 2.25. The van der Waals surface area contributed by atoms with E-state index in [1.165, 1.54) is 24.7 Å². The van der Waals surface area contributed by atoms with Gasteiger partial charge in [0.1, 0.15) is 29.3 Å². The van der Waals surface area contributed by atoms with Crippen molar-refractivity contribution in [2.24, 2.45) is 0 Å². The summed E-state index contributed by atoms with van der Waals surface area (Å²) in [5.41, 5.74) is -0.459. The van der Waals surface area contributed by atoms with Crippen LogP contribution in [-0.2, 0) is 0 Å². The fourth-order valence-corrected chi connectivity index (χ4v) is 1.22. The van der Waals surface area contributed by atoms with Crippen molar-refractivity contribution >= 4 is 11.6 Å². The number of hydrogen-bond donors (Lipinski definition) is 1. The Morgan fingerprint density at radius 1 is 1.18 bits per heavy atom. The maximum atomic E-state index is 13.2. The van der Waals surface area contributed by atoms with Gasteiger partial charge in [0, 0.05) is 6.20 Å². The van der Waals surface area contributed by atoms with Crippen LogP contribution in [0.2, 0.25) is 0 Å². The molecule has 2 rings (SSSR count). The first-order valence-electron chi connectivity index (χ1n) is 4.70. The van der Waals surface area contributed by atoms with Crippen molar-refractivity contribution in [2.45, 2.75) is 0 Å². The predicted octanol–water partition coefficient (Wildman–Crippen LogP) is 2.01. The molecule has 1 heterocycles. The number of para-hydroxylation sites is 1. The van der Waals surface area contributed by atoms with Gasteiger partial charge in [0.25, 0.3) is 5.91 Å². The highest BCUT2D eigenvalue weighted by Gasteiger charge is 2.13. The van der Waals surface area contributed by atoms with Crippen LogP contribution in [-0.4, -0.2) is 15.9 Å².